The topological polar surface area (TPSA) is 98.8 Å². The highest BCUT2D eigenvalue weighted by Crippen LogP contribution is 2.34. The molecule has 5 amide bonds. The molecule has 0 bridgehead atoms. The van der Waals surface area contributed by atoms with E-state index in [0.29, 0.717) is 17.8 Å². The molecule has 4 rings (SSSR count). The molecule has 1 unspecified atom stereocenters. The molecule has 9 heteroatoms. The van der Waals surface area contributed by atoms with Gasteiger partial charge in [-0.3, -0.25) is 19.3 Å². The number of nitrogens with one attached hydrogen (secondary N) is 2. The van der Waals surface area contributed by atoms with Crippen LogP contribution >= 0.6 is 11.3 Å². The predicted octanol–water partition coefficient (Wildman–Crippen LogP) is 2.13. The number of likely N-dealkylation sites (tertiary alicyclic amines) is 1. The van der Waals surface area contributed by atoms with Crippen molar-refractivity contribution in [3.05, 3.63) is 34.7 Å². The Morgan fingerprint density at radius 3 is 2.74 bits per heavy atom. The minimum absolute atomic E-state index is 0.0636. The fourth-order valence-corrected chi connectivity index (χ4v) is 5.57. The fourth-order valence-electron chi connectivity index (χ4n) is 4.39. The molecule has 1 aromatic heterocycles. The van der Waals surface area contributed by atoms with E-state index < -0.39 is 6.03 Å². The molecule has 31 heavy (non-hydrogen) atoms. The zero-order valence-electron chi connectivity index (χ0n) is 17.5. The molecule has 2 aliphatic rings. The van der Waals surface area contributed by atoms with Crippen LogP contribution in [0.1, 0.15) is 40.9 Å². The van der Waals surface area contributed by atoms with E-state index >= 15 is 0 Å². The molecule has 0 aliphatic carbocycles. The molecule has 2 aromatic rings. The van der Waals surface area contributed by atoms with Crippen LogP contribution in [0.5, 0.6) is 0 Å². The van der Waals surface area contributed by atoms with Crippen molar-refractivity contribution in [1.82, 2.24) is 20.4 Å². The highest BCUT2D eigenvalue weighted by molar-refractivity contribution is 7.21. The number of hydrogen-bond donors (Lipinski definition) is 2. The largest absolute Gasteiger partial charge is 0.354 e. The van der Waals surface area contributed by atoms with Gasteiger partial charge < -0.3 is 15.5 Å². The number of urea groups is 1. The maximum absolute atomic E-state index is 13.2. The molecule has 0 radical (unpaired) electrons. The summed E-state index contributed by atoms with van der Waals surface area (Å²) >= 11 is 1.47. The highest BCUT2D eigenvalue weighted by Gasteiger charge is 2.34. The van der Waals surface area contributed by atoms with Crippen LogP contribution in [0.3, 0.4) is 0 Å². The quantitative estimate of drug-likeness (QED) is 0.693. The third-order valence-electron chi connectivity index (χ3n) is 6.00. The molecule has 2 aliphatic heterocycles. The van der Waals surface area contributed by atoms with Gasteiger partial charge in [-0.1, -0.05) is 31.0 Å². The summed E-state index contributed by atoms with van der Waals surface area (Å²) < 4.78 is 1.04. The number of carbonyl (C=O) groups is 4. The number of fused-ring (bicyclic) bond motifs is 1. The van der Waals surface area contributed by atoms with Gasteiger partial charge in [0.1, 0.15) is 6.54 Å². The number of thiophene rings is 1. The highest BCUT2D eigenvalue weighted by atomic mass is 32.1. The van der Waals surface area contributed by atoms with E-state index in [1.807, 2.05) is 29.2 Å². The van der Waals surface area contributed by atoms with Gasteiger partial charge in [0.15, 0.2) is 0 Å². The van der Waals surface area contributed by atoms with Gasteiger partial charge in [-0.05, 0) is 36.3 Å². The molecule has 0 spiro atoms. The van der Waals surface area contributed by atoms with Crippen LogP contribution in [0.25, 0.3) is 10.1 Å². The molecular formula is C22H26N4O4S. The molecule has 8 nitrogen and oxygen atoms in total. The summed E-state index contributed by atoms with van der Waals surface area (Å²) in [5.41, 5.74) is 0.958. The van der Waals surface area contributed by atoms with Crippen LogP contribution in [-0.4, -0.2) is 66.3 Å². The summed E-state index contributed by atoms with van der Waals surface area (Å²) in [4.78, 5) is 53.0. The van der Waals surface area contributed by atoms with Crippen LogP contribution in [0.4, 0.5) is 4.79 Å². The summed E-state index contributed by atoms with van der Waals surface area (Å²) in [5, 5.41) is 6.22. The molecule has 2 saturated heterocycles. The number of benzene rings is 1. The lowest BCUT2D eigenvalue weighted by atomic mass is 9.98. The molecule has 2 fully saturated rings. The third kappa shape index (κ3) is 4.27. The normalized spacial score (nSPS) is 19.5. The zero-order valence-corrected chi connectivity index (χ0v) is 18.3. The van der Waals surface area contributed by atoms with Crippen LogP contribution in [0.2, 0.25) is 0 Å². The predicted molar refractivity (Wildman–Crippen MR) is 118 cm³/mol. The van der Waals surface area contributed by atoms with E-state index in [9.17, 15) is 19.2 Å². The van der Waals surface area contributed by atoms with Gasteiger partial charge in [0, 0.05) is 24.3 Å². The van der Waals surface area contributed by atoms with E-state index in [1.54, 1.807) is 7.05 Å². The van der Waals surface area contributed by atoms with E-state index in [-0.39, 0.29) is 36.9 Å². The second-order valence-corrected chi connectivity index (χ2v) is 8.97. The van der Waals surface area contributed by atoms with E-state index in [1.165, 1.54) is 11.3 Å². The van der Waals surface area contributed by atoms with E-state index in [2.05, 4.69) is 10.6 Å². The molecule has 2 N–H and O–H groups in total. The van der Waals surface area contributed by atoms with Gasteiger partial charge in [-0.25, -0.2) is 4.79 Å². The standard InChI is InChI=1S/C22H26N4O4S/c1-23-21(29)20-16(15-8-4-5-9-17(15)31-20)11-14-7-3-2-6-10-25(14)19(28)13-26-18(27)12-24-22(26)30/h4-5,8-9,14H,2-3,6-7,10-13H2,1H3,(H,23,29)(H,24,30). The maximum Gasteiger partial charge on any atom is 0.325 e. The van der Waals surface area contributed by atoms with Gasteiger partial charge >= 0.3 is 6.03 Å². The maximum atomic E-state index is 13.2. The second-order valence-electron chi connectivity index (χ2n) is 7.92. The van der Waals surface area contributed by atoms with Crippen molar-refractivity contribution in [1.29, 1.82) is 0 Å². The molecule has 0 saturated carbocycles. The van der Waals surface area contributed by atoms with Crippen LogP contribution < -0.4 is 10.6 Å². The van der Waals surface area contributed by atoms with Gasteiger partial charge in [0.2, 0.25) is 5.91 Å². The Balaban J connectivity index is 1.62. The molecular weight excluding hydrogens is 416 g/mol. The lowest BCUT2D eigenvalue weighted by Crippen LogP contribution is -2.48. The lowest BCUT2D eigenvalue weighted by molar-refractivity contribution is -0.138. The van der Waals surface area contributed by atoms with Crippen molar-refractivity contribution in [2.24, 2.45) is 0 Å². The number of imide groups is 1. The average molecular weight is 443 g/mol. The average Bonchev–Trinajstić information content (AvgIpc) is 3.18. The molecule has 1 aromatic carbocycles. The van der Waals surface area contributed by atoms with E-state index in [4.69, 9.17) is 0 Å². The Labute approximate surface area is 184 Å². The Hall–Kier alpha value is -2.94. The molecule has 164 valence electrons. The monoisotopic (exact) mass is 442 g/mol. The number of carbonyl (C=O) groups excluding carboxylic acids is 4. The Kier molecular flexibility index (Phi) is 6.22. The second kappa shape index (κ2) is 9.05. The van der Waals surface area contributed by atoms with Gasteiger partial charge in [-0.15, -0.1) is 11.3 Å². The third-order valence-corrected chi connectivity index (χ3v) is 7.21. The number of rotatable bonds is 5. The number of nitrogens with zero attached hydrogens (tertiary/aromatic N) is 2. The summed E-state index contributed by atoms with van der Waals surface area (Å²) in [5.74, 6) is -0.726. The Morgan fingerprint density at radius 1 is 1.19 bits per heavy atom. The first-order valence-corrected chi connectivity index (χ1v) is 11.4. The SMILES string of the molecule is CNC(=O)c1sc2ccccc2c1CC1CCCCCN1C(=O)CN1C(=O)CNC1=O. The first kappa shape index (κ1) is 21.3. The Morgan fingerprint density at radius 2 is 2.00 bits per heavy atom. The van der Waals surface area contributed by atoms with Crippen molar-refractivity contribution < 1.29 is 19.2 Å². The van der Waals surface area contributed by atoms with Crippen molar-refractivity contribution in [2.45, 2.75) is 38.1 Å². The number of hydrogen-bond acceptors (Lipinski definition) is 5. The molecule has 1 atom stereocenters. The summed E-state index contributed by atoms with van der Waals surface area (Å²) in [6, 6.07) is 7.33. The van der Waals surface area contributed by atoms with Crippen molar-refractivity contribution >= 4 is 45.2 Å². The summed E-state index contributed by atoms with van der Waals surface area (Å²) in [6.45, 7) is 0.282. The fraction of sp³-hybridized carbons (Fsp3) is 0.455. The van der Waals surface area contributed by atoms with Crippen LogP contribution in [0.15, 0.2) is 24.3 Å². The van der Waals surface area contributed by atoms with Crippen molar-refractivity contribution in [3.8, 4) is 0 Å². The van der Waals surface area contributed by atoms with E-state index in [0.717, 1.165) is 46.2 Å². The minimum Gasteiger partial charge on any atom is -0.354 e. The first-order chi connectivity index (χ1) is 15.0. The number of amides is 5. The van der Waals surface area contributed by atoms with Crippen molar-refractivity contribution in [3.63, 3.8) is 0 Å². The zero-order chi connectivity index (χ0) is 22.0. The first-order valence-electron chi connectivity index (χ1n) is 10.6. The van der Waals surface area contributed by atoms with Gasteiger partial charge in [-0.2, -0.15) is 0 Å². The van der Waals surface area contributed by atoms with Crippen LogP contribution in [-0.2, 0) is 16.0 Å². The Bertz CT molecular complexity index is 1020. The van der Waals surface area contributed by atoms with Crippen LogP contribution in [0, 0.1) is 0 Å². The minimum atomic E-state index is -0.518. The summed E-state index contributed by atoms with van der Waals surface area (Å²) in [6.07, 6.45) is 4.29. The smallest absolute Gasteiger partial charge is 0.325 e. The van der Waals surface area contributed by atoms with Crippen molar-refractivity contribution in [2.75, 3.05) is 26.7 Å². The summed E-state index contributed by atoms with van der Waals surface area (Å²) in [7, 11) is 1.62. The van der Waals surface area contributed by atoms with Gasteiger partial charge in [0.25, 0.3) is 11.8 Å². The molecule has 3 heterocycles. The lowest BCUT2D eigenvalue weighted by Gasteiger charge is -2.31. The van der Waals surface area contributed by atoms with Gasteiger partial charge in [0.05, 0.1) is 11.4 Å².